The van der Waals surface area contributed by atoms with Crippen molar-refractivity contribution in [2.24, 2.45) is 0 Å². The van der Waals surface area contributed by atoms with Gasteiger partial charge in [-0.1, -0.05) is 18.2 Å². The van der Waals surface area contributed by atoms with Gasteiger partial charge in [-0.2, -0.15) is 0 Å². The van der Waals surface area contributed by atoms with E-state index in [0.717, 1.165) is 30.0 Å². The van der Waals surface area contributed by atoms with Crippen molar-refractivity contribution in [1.29, 1.82) is 0 Å². The van der Waals surface area contributed by atoms with Crippen LogP contribution < -0.4 is 10.1 Å². The Kier molecular flexibility index (Phi) is 6.42. The summed E-state index contributed by atoms with van der Waals surface area (Å²) in [5, 5.41) is 2.97. The number of hydrogen-bond acceptors (Lipinski definition) is 4. The Bertz CT molecular complexity index is 773. The van der Waals surface area contributed by atoms with Crippen LogP contribution in [0, 0.1) is 12.7 Å². The number of amides is 1. The molecule has 27 heavy (non-hydrogen) atoms. The summed E-state index contributed by atoms with van der Waals surface area (Å²) in [4.78, 5) is 14.9. The van der Waals surface area contributed by atoms with Crippen molar-refractivity contribution in [1.82, 2.24) is 10.2 Å². The molecule has 3 rings (SSSR count). The first-order valence-electron chi connectivity index (χ1n) is 9.08. The minimum absolute atomic E-state index is 0.0117. The number of rotatable bonds is 6. The second-order valence-electron chi connectivity index (χ2n) is 6.61. The van der Waals surface area contributed by atoms with Crippen LogP contribution in [0.4, 0.5) is 4.39 Å². The van der Waals surface area contributed by atoms with Gasteiger partial charge in [0.15, 0.2) is 0 Å². The Morgan fingerprint density at radius 3 is 2.59 bits per heavy atom. The van der Waals surface area contributed by atoms with E-state index in [1.165, 1.54) is 12.1 Å². The molecule has 0 aromatic heterocycles. The van der Waals surface area contributed by atoms with Crippen molar-refractivity contribution in [2.75, 3.05) is 40.0 Å². The summed E-state index contributed by atoms with van der Waals surface area (Å²) in [5.74, 6) is 0.114. The largest absolute Gasteiger partial charge is 0.497 e. The molecule has 144 valence electrons. The Morgan fingerprint density at radius 2 is 1.93 bits per heavy atom. The predicted octanol–water partition coefficient (Wildman–Crippen LogP) is 2.95. The van der Waals surface area contributed by atoms with Crippen LogP contribution in [0.1, 0.15) is 27.5 Å². The van der Waals surface area contributed by atoms with Crippen molar-refractivity contribution in [3.63, 3.8) is 0 Å². The summed E-state index contributed by atoms with van der Waals surface area (Å²) in [5.41, 5.74) is 2.21. The van der Waals surface area contributed by atoms with Gasteiger partial charge in [0.25, 0.3) is 5.91 Å². The molecule has 1 aliphatic heterocycles. The van der Waals surface area contributed by atoms with Gasteiger partial charge >= 0.3 is 0 Å². The molecule has 2 aromatic carbocycles. The second-order valence-corrected chi connectivity index (χ2v) is 6.61. The predicted molar refractivity (Wildman–Crippen MR) is 102 cm³/mol. The number of ether oxygens (including phenoxy) is 2. The Morgan fingerprint density at radius 1 is 1.22 bits per heavy atom. The number of halogens is 1. The fraction of sp³-hybridized carbons (Fsp3) is 0.381. The summed E-state index contributed by atoms with van der Waals surface area (Å²) in [7, 11) is 1.63. The molecule has 0 spiro atoms. The minimum atomic E-state index is -0.411. The molecule has 1 N–H and O–H groups in total. The molecule has 0 saturated carbocycles. The van der Waals surface area contributed by atoms with Gasteiger partial charge in [0, 0.05) is 25.2 Å². The molecular formula is C21H25FN2O3. The molecule has 5 nitrogen and oxygen atoms in total. The average molecular weight is 372 g/mol. The van der Waals surface area contributed by atoms with Crippen LogP contribution in [0.5, 0.6) is 5.75 Å². The lowest BCUT2D eigenvalue weighted by atomic mass is 10.0. The highest BCUT2D eigenvalue weighted by atomic mass is 19.1. The number of carbonyl (C=O) groups is 1. The van der Waals surface area contributed by atoms with Gasteiger partial charge in [0.05, 0.1) is 26.4 Å². The van der Waals surface area contributed by atoms with E-state index in [2.05, 4.69) is 10.2 Å². The lowest BCUT2D eigenvalue weighted by molar-refractivity contribution is 0.0162. The van der Waals surface area contributed by atoms with E-state index in [1.54, 1.807) is 20.1 Å². The number of benzene rings is 2. The smallest absolute Gasteiger partial charge is 0.251 e. The first kappa shape index (κ1) is 19.3. The number of methoxy groups -OCH3 is 1. The topological polar surface area (TPSA) is 50.8 Å². The highest BCUT2D eigenvalue weighted by molar-refractivity contribution is 5.95. The van der Waals surface area contributed by atoms with E-state index >= 15 is 0 Å². The molecule has 1 amide bonds. The Labute approximate surface area is 159 Å². The monoisotopic (exact) mass is 372 g/mol. The molecule has 2 aromatic rings. The lowest BCUT2D eigenvalue weighted by Gasteiger charge is -2.35. The van der Waals surface area contributed by atoms with E-state index in [4.69, 9.17) is 9.47 Å². The van der Waals surface area contributed by atoms with Gasteiger partial charge in [-0.3, -0.25) is 9.69 Å². The third kappa shape index (κ3) is 4.84. The average Bonchev–Trinajstić information content (AvgIpc) is 2.71. The van der Waals surface area contributed by atoms with Crippen molar-refractivity contribution >= 4 is 5.91 Å². The van der Waals surface area contributed by atoms with Crippen molar-refractivity contribution in [3.05, 3.63) is 65.0 Å². The minimum Gasteiger partial charge on any atom is -0.497 e. The maximum atomic E-state index is 13.5. The summed E-state index contributed by atoms with van der Waals surface area (Å²) in [6.45, 7) is 5.17. The Hall–Kier alpha value is -2.44. The number of hydrogen-bond donors (Lipinski definition) is 1. The van der Waals surface area contributed by atoms with Crippen molar-refractivity contribution in [2.45, 2.75) is 13.0 Å². The molecule has 1 saturated heterocycles. The molecule has 0 radical (unpaired) electrons. The zero-order chi connectivity index (χ0) is 19.2. The SMILES string of the molecule is COc1ccc(C(CNC(=O)c2cc(F)ccc2C)N2CCOCC2)cc1. The summed E-state index contributed by atoms with van der Waals surface area (Å²) < 4.78 is 24.2. The Balaban J connectivity index is 1.76. The van der Waals surface area contributed by atoms with E-state index < -0.39 is 5.82 Å². The first-order valence-corrected chi connectivity index (χ1v) is 9.08. The molecule has 1 aliphatic rings. The molecule has 6 heteroatoms. The standard InChI is InChI=1S/C21H25FN2O3/c1-15-3-6-17(22)13-19(15)21(25)23-14-20(24-9-11-27-12-10-24)16-4-7-18(26-2)8-5-16/h3-8,13,20H,9-12,14H2,1-2H3,(H,23,25). The maximum absolute atomic E-state index is 13.5. The van der Waals surface area contributed by atoms with Gasteiger partial charge < -0.3 is 14.8 Å². The van der Waals surface area contributed by atoms with Crippen LogP contribution in [0.3, 0.4) is 0 Å². The molecule has 1 fully saturated rings. The number of morpholine rings is 1. The van der Waals surface area contributed by atoms with Crippen LogP contribution in [0.25, 0.3) is 0 Å². The van der Waals surface area contributed by atoms with Crippen LogP contribution in [-0.4, -0.2) is 50.8 Å². The molecule has 0 aliphatic carbocycles. The summed E-state index contributed by atoms with van der Waals surface area (Å²) in [6.07, 6.45) is 0. The van der Waals surface area contributed by atoms with E-state index in [1.807, 2.05) is 24.3 Å². The fourth-order valence-electron chi connectivity index (χ4n) is 3.30. The number of nitrogens with zero attached hydrogens (tertiary/aromatic N) is 1. The third-order valence-corrected chi connectivity index (χ3v) is 4.89. The van der Waals surface area contributed by atoms with E-state index in [-0.39, 0.29) is 11.9 Å². The van der Waals surface area contributed by atoms with Crippen molar-refractivity contribution < 1.29 is 18.7 Å². The van der Waals surface area contributed by atoms with Gasteiger partial charge in [0.2, 0.25) is 0 Å². The quantitative estimate of drug-likeness (QED) is 0.847. The van der Waals surface area contributed by atoms with E-state index in [9.17, 15) is 9.18 Å². The van der Waals surface area contributed by atoms with Crippen LogP contribution >= 0.6 is 0 Å². The van der Waals surface area contributed by atoms with Gasteiger partial charge in [0.1, 0.15) is 11.6 Å². The van der Waals surface area contributed by atoms with Crippen LogP contribution in [0.2, 0.25) is 0 Å². The number of aryl methyl sites for hydroxylation is 1. The first-order chi connectivity index (χ1) is 13.1. The normalized spacial score (nSPS) is 16.0. The zero-order valence-corrected chi connectivity index (χ0v) is 15.7. The highest BCUT2D eigenvalue weighted by Crippen LogP contribution is 2.24. The molecule has 1 atom stereocenters. The number of carbonyl (C=O) groups excluding carboxylic acids is 1. The van der Waals surface area contributed by atoms with Crippen molar-refractivity contribution in [3.8, 4) is 5.75 Å². The van der Waals surface area contributed by atoms with Crippen LogP contribution in [-0.2, 0) is 4.74 Å². The third-order valence-electron chi connectivity index (χ3n) is 4.89. The zero-order valence-electron chi connectivity index (χ0n) is 15.7. The molecular weight excluding hydrogens is 347 g/mol. The van der Waals surface area contributed by atoms with Gasteiger partial charge in [-0.15, -0.1) is 0 Å². The second kappa shape index (κ2) is 8.97. The summed E-state index contributed by atoms with van der Waals surface area (Å²) >= 11 is 0. The maximum Gasteiger partial charge on any atom is 0.251 e. The lowest BCUT2D eigenvalue weighted by Crippen LogP contribution is -2.43. The molecule has 1 unspecified atom stereocenters. The highest BCUT2D eigenvalue weighted by Gasteiger charge is 2.23. The molecule has 0 bridgehead atoms. The van der Waals surface area contributed by atoms with E-state index in [0.29, 0.717) is 25.3 Å². The molecule has 1 heterocycles. The van der Waals surface area contributed by atoms with Gasteiger partial charge in [-0.05, 0) is 42.3 Å². The number of nitrogens with one attached hydrogen (secondary N) is 1. The summed E-state index contributed by atoms with van der Waals surface area (Å²) in [6, 6.07) is 12.1. The fourth-order valence-corrected chi connectivity index (χ4v) is 3.30. The van der Waals surface area contributed by atoms with Gasteiger partial charge in [-0.25, -0.2) is 4.39 Å². The van der Waals surface area contributed by atoms with Crippen LogP contribution in [0.15, 0.2) is 42.5 Å².